The first-order valence-electron chi connectivity index (χ1n) is 10.1. The van der Waals surface area contributed by atoms with E-state index in [4.69, 9.17) is 16.1 Å². The Morgan fingerprint density at radius 1 is 1.12 bits per heavy atom. The number of anilines is 1. The lowest BCUT2D eigenvalue weighted by molar-refractivity contribution is -0.383. The fourth-order valence-electron chi connectivity index (χ4n) is 3.45. The van der Waals surface area contributed by atoms with Crippen molar-refractivity contribution in [2.24, 2.45) is 0 Å². The molecule has 0 unspecified atom stereocenters. The van der Waals surface area contributed by atoms with E-state index in [0.717, 1.165) is 5.56 Å². The Balaban J connectivity index is 1.26. The van der Waals surface area contributed by atoms with Crippen molar-refractivity contribution in [3.8, 4) is 11.4 Å². The number of carbonyl (C=O) groups is 1. The van der Waals surface area contributed by atoms with Gasteiger partial charge >= 0.3 is 0 Å². The van der Waals surface area contributed by atoms with E-state index in [0.29, 0.717) is 55.1 Å². The van der Waals surface area contributed by atoms with Crippen molar-refractivity contribution in [2.45, 2.75) is 6.54 Å². The highest BCUT2D eigenvalue weighted by Crippen LogP contribution is 2.23. The molecule has 10 nitrogen and oxygen atoms in total. The number of nitro benzene ring substituents is 1. The first-order chi connectivity index (χ1) is 15.5. The minimum absolute atomic E-state index is 0.00103. The summed E-state index contributed by atoms with van der Waals surface area (Å²) in [5.41, 5.74) is 1.10. The Kier molecular flexibility index (Phi) is 6.62. The number of aromatic nitrogens is 2. The molecule has 0 radical (unpaired) electrons. The fourth-order valence-corrected chi connectivity index (χ4v) is 3.57. The van der Waals surface area contributed by atoms with Crippen LogP contribution in [0.15, 0.2) is 53.1 Å². The third kappa shape index (κ3) is 5.21. The van der Waals surface area contributed by atoms with E-state index in [-0.39, 0.29) is 18.1 Å². The monoisotopic (exact) mass is 456 g/mol. The van der Waals surface area contributed by atoms with Crippen molar-refractivity contribution in [1.82, 2.24) is 19.9 Å². The van der Waals surface area contributed by atoms with Crippen LogP contribution in [0, 0.1) is 10.1 Å². The lowest BCUT2D eigenvalue weighted by atomic mass is 10.2. The first kappa shape index (κ1) is 21.7. The number of rotatable bonds is 7. The van der Waals surface area contributed by atoms with Crippen LogP contribution in [0.25, 0.3) is 11.4 Å². The highest BCUT2D eigenvalue weighted by molar-refractivity contribution is 6.30. The fraction of sp³-hybridized carbons (Fsp3) is 0.286. The number of hydrogen-bond acceptors (Lipinski definition) is 8. The second kappa shape index (κ2) is 9.75. The van der Waals surface area contributed by atoms with Crippen LogP contribution in [0.5, 0.6) is 0 Å². The Morgan fingerprint density at radius 3 is 2.56 bits per heavy atom. The third-order valence-electron chi connectivity index (χ3n) is 5.19. The van der Waals surface area contributed by atoms with Crippen molar-refractivity contribution in [3.63, 3.8) is 0 Å². The number of nitro groups is 1. The van der Waals surface area contributed by atoms with Crippen LogP contribution >= 0.6 is 11.6 Å². The Labute approximate surface area is 188 Å². The number of carbonyl (C=O) groups excluding carboxylic acids is 1. The van der Waals surface area contributed by atoms with Crippen molar-refractivity contribution < 1.29 is 14.2 Å². The summed E-state index contributed by atoms with van der Waals surface area (Å²) in [6.45, 7) is 2.92. The lowest BCUT2D eigenvalue weighted by Gasteiger charge is -2.34. The molecule has 32 heavy (non-hydrogen) atoms. The number of piperazine rings is 1. The molecule has 0 saturated carbocycles. The molecule has 3 aromatic rings. The van der Waals surface area contributed by atoms with Crippen molar-refractivity contribution in [1.29, 1.82) is 0 Å². The number of para-hydroxylation sites is 2. The summed E-state index contributed by atoms with van der Waals surface area (Å²) in [5, 5.41) is 18.6. The first-order valence-corrected chi connectivity index (χ1v) is 10.4. The third-order valence-corrected chi connectivity index (χ3v) is 5.44. The van der Waals surface area contributed by atoms with Gasteiger partial charge in [0.15, 0.2) is 0 Å². The van der Waals surface area contributed by atoms with E-state index >= 15 is 0 Å². The van der Waals surface area contributed by atoms with Gasteiger partial charge in [-0.1, -0.05) is 28.9 Å². The predicted octanol–water partition coefficient (Wildman–Crippen LogP) is 3.05. The van der Waals surface area contributed by atoms with Crippen LogP contribution in [-0.2, 0) is 11.3 Å². The standard InChI is InChI=1S/C21H21ClN6O4/c22-16-7-5-15(6-8-16)21-24-19(32-25-21)14-26-9-11-27(12-10-26)20(29)13-23-17-3-1-2-4-18(17)28(30)31/h1-8,23H,9-14H2. The smallest absolute Gasteiger partial charge is 0.292 e. The molecule has 166 valence electrons. The average Bonchev–Trinajstić information content (AvgIpc) is 3.27. The summed E-state index contributed by atoms with van der Waals surface area (Å²) in [5.74, 6) is 0.907. The van der Waals surface area contributed by atoms with Gasteiger partial charge in [0.25, 0.3) is 5.69 Å². The van der Waals surface area contributed by atoms with Crippen molar-refractivity contribution >= 4 is 28.9 Å². The van der Waals surface area contributed by atoms with Crippen LogP contribution in [0.4, 0.5) is 11.4 Å². The highest BCUT2D eigenvalue weighted by atomic mass is 35.5. The summed E-state index contributed by atoms with van der Waals surface area (Å²) in [4.78, 5) is 31.5. The molecule has 0 spiro atoms. The Hall–Kier alpha value is -3.50. The number of nitrogens with one attached hydrogen (secondary N) is 1. The molecular formula is C21H21ClN6O4. The Bertz CT molecular complexity index is 1100. The molecule has 1 N–H and O–H groups in total. The van der Waals surface area contributed by atoms with Gasteiger partial charge in [0.1, 0.15) is 5.69 Å². The van der Waals surface area contributed by atoms with Gasteiger partial charge in [0.2, 0.25) is 17.6 Å². The molecule has 1 aliphatic rings. The SMILES string of the molecule is O=C(CNc1ccccc1[N+](=O)[O-])N1CCN(Cc2nc(-c3ccc(Cl)cc3)no2)CC1. The largest absolute Gasteiger partial charge is 0.371 e. The molecule has 1 saturated heterocycles. The van der Waals surface area contributed by atoms with Gasteiger partial charge < -0.3 is 14.7 Å². The molecule has 4 rings (SSSR count). The van der Waals surface area contributed by atoms with Crippen molar-refractivity contribution in [3.05, 3.63) is 69.6 Å². The van der Waals surface area contributed by atoms with E-state index in [1.54, 1.807) is 35.2 Å². The second-order valence-corrected chi connectivity index (χ2v) is 7.74. The van der Waals surface area contributed by atoms with Gasteiger partial charge in [0.05, 0.1) is 18.0 Å². The summed E-state index contributed by atoms with van der Waals surface area (Å²) in [7, 11) is 0. The zero-order valence-corrected chi connectivity index (χ0v) is 17.9. The van der Waals surface area contributed by atoms with Crippen LogP contribution in [0.1, 0.15) is 5.89 Å². The molecular weight excluding hydrogens is 436 g/mol. The highest BCUT2D eigenvalue weighted by Gasteiger charge is 2.23. The second-order valence-electron chi connectivity index (χ2n) is 7.30. The van der Waals surface area contributed by atoms with Gasteiger partial charge in [-0.2, -0.15) is 4.98 Å². The minimum atomic E-state index is -0.471. The van der Waals surface area contributed by atoms with E-state index in [9.17, 15) is 14.9 Å². The van der Waals surface area contributed by atoms with E-state index in [1.807, 2.05) is 12.1 Å². The molecule has 2 aromatic carbocycles. The summed E-state index contributed by atoms with van der Waals surface area (Å²) in [6.07, 6.45) is 0. The van der Waals surface area contributed by atoms with E-state index in [2.05, 4.69) is 20.4 Å². The normalized spacial score (nSPS) is 14.3. The summed E-state index contributed by atoms with van der Waals surface area (Å²) < 4.78 is 5.36. The van der Waals surface area contributed by atoms with E-state index in [1.165, 1.54) is 6.07 Å². The van der Waals surface area contributed by atoms with Crippen molar-refractivity contribution in [2.75, 3.05) is 38.0 Å². The average molecular weight is 457 g/mol. The van der Waals surface area contributed by atoms with Crippen LogP contribution in [0.3, 0.4) is 0 Å². The predicted molar refractivity (Wildman–Crippen MR) is 118 cm³/mol. The molecule has 1 amide bonds. The number of benzene rings is 2. The maximum Gasteiger partial charge on any atom is 0.292 e. The van der Waals surface area contributed by atoms with Gasteiger partial charge in [-0.15, -0.1) is 0 Å². The van der Waals surface area contributed by atoms with Crippen LogP contribution < -0.4 is 5.32 Å². The molecule has 0 aliphatic carbocycles. The zero-order chi connectivity index (χ0) is 22.5. The van der Waals surface area contributed by atoms with Gasteiger partial charge in [-0.3, -0.25) is 19.8 Å². The number of amides is 1. The molecule has 0 atom stereocenters. The molecule has 11 heteroatoms. The number of halogens is 1. The number of nitrogens with zero attached hydrogens (tertiary/aromatic N) is 5. The maximum atomic E-state index is 12.5. The Morgan fingerprint density at radius 2 is 1.84 bits per heavy atom. The topological polar surface area (TPSA) is 118 Å². The molecule has 1 fully saturated rings. The van der Waals surface area contributed by atoms with Gasteiger partial charge in [-0.05, 0) is 30.3 Å². The molecule has 1 aliphatic heterocycles. The number of hydrogen-bond donors (Lipinski definition) is 1. The van der Waals surface area contributed by atoms with Crippen LogP contribution in [-0.4, -0.2) is 63.5 Å². The van der Waals surface area contributed by atoms with Gasteiger partial charge in [-0.25, -0.2) is 0 Å². The summed E-state index contributed by atoms with van der Waals surface area (Å²) in [6, 6.07) is 13.5. The minimum Gasteiger partial charge on any atom is -0.371 e. The van der Waals surface area contributed by atoms with E-state index < -0.39 is 4.92 Å². The molecule has 2 heterocycles. The molecule has 0 bridgehead atoms. The van der Waals surface area contributed by atoms with Gasteiger partial charge in [0, 0.05) is 42.8 Å². The van der Waals surface area contributed by atoms with Crippen LogP contribution in [0.2, 0.25) is 5.02 Å². The lowest BCUT2D eigenvalue weighted by Crippen LogP contribution is -2.49. The quantitative estimate of drug-likeness (QED) is 0.425. The molecule has 1 aromatic heterocycles. The zero-order valence-electron chi connectivity index (χ0n) is 17.1. The maximum absolute atomic E-state index is 12.5. The summed E-state index contributed by atoms with van der Waals surface area (Å²) >= 11 is 5.91.